The predicted molar refractivity (Wildman–Crippen MR) is 79.7 cm³/mol. The van der Waals surface area contributed by atoms with Gasteiger partial charge in [-0.05, 0) is 24.8 Å². The molecule has 1 atom stereocenters. The van der Waals surface area contributed by atoms with Gasteiger partial charge in [0.1, 0.15) is 12.6 Å². The average Bonchev–Trinajstić information content (AvgIpc) is 2.52. The first-order valence-electron chi connectivity index (χ1n) is 7.28. The quantitative estimate of drug-likeness (QED) is 0.858. The maximum Gasteiger partial charge on any atom is 0.410 e. The maximum atomic E-state index is 12.2. The van der Waals surface area contributed by atoms with Crippen LogP contribution in [0.15, 0.2) is 30.3 Å². The van der Waals surface area contributed by atoms with E-state index in [0.717, 1.165) is 18.4 Å². The third-order valence-corrected chi connectivity index (χ3v) is 3.67. The van der Waals surface area contributed by atoms with Crippen LogP contribution in [0.1, 0.15) is 24.8 Å². The monoisotopic (exact) mass is 290 g/mol. The third kappa shape index (κ3) is 3.97. The Labute approximate surface area is 125 Å². The molecule has 1 aromatic carbocycles. The number of ether oxygens (including phenoxy) is 1. The Balaban J connectivity index is 1.97. The molecule has 1 heterocycles. The Kier molecular flexibility index (Phi) is 5.20. The van der Waals surface area contributed by atoms with Crippen molar-refractivity contribution in [3.05, 3.63) is 35.9 Å². The number of amides is 2. The van der Waals surface area contributed by atoms with Gasteiger partial charge in [0.15, 0.2) is 0 Å². The Bertz CT molecular complexity index is 488. The number of likely N-dealkylation sites (tertiary alicyclic amines) is 1. The normalized spacial score (nSPS) is 18.2. The first-order chi connectivity index (χ1) is 10.1. The number of piperidine rings is 1. The third-order valence-electron chi connectivity index (χ3n) is 3.67. The van der Waals surface area contributed by atoms with Gasteiger partial charge in [-0.1, -0.05) is 30.3 Å². The van der Waals surface area contributed by atoms with Crippen LogP contribution in [0.25, 0.3) is 0 Å². The van der Waals surface area contributed by atoms with E-state index in [4.69, 9.17) is 4.74 Å². The van der Waals surface area contributed by atoms with Crippen molar-refractivity contribution in [3.8, 4) is 0 Å². The number of hydrogen-bond donors (Lipinski definition) is 0. The lowest BCUT2D eigenvalue weighted by Crippen LogP contribution is -2.51. The van der Waals surface area contributed by atoms with Crippen molar-refractivity contribution in [2.24, 2.45) is 0 Å². The summed E-state index contributed by atoms with van der Waals surface area (Å²) in [7, 11) is 3.43. The number of benzene rings is 1. The molecule has 2 amide bonds. The Hall–Kier alpha value is -2.04. The molecule has 1 saturated heterocycles. The van der Waals surface area contributed by atoms with Gasteiger partial charge < -0.3 is 9.64 Å². The lowest BCUT2D eigenvalue weighted by molar-refractivity contribution is -0.135. The summed E-state index contributed by atoms with van der Waals surface area (Å²) in [5.74, 6) is -0.0358. The van der Waals surface area contributed by atoms with Crippen LogP contribution >= 0.6 is 0 Å². The second kappa shape index (κ2) is 7.11. The number of carbonyl (C=O) groups excluding carboxylic acids is 2. The first kappa shape index (κ1) is 15.4. The van der Waals surface area contributed by atoms with Crippen LogP contribution in [-0.4, -0.2) is 48.5 Å². The van der Waals surface area contributed by atoms with Crippen LogP contribution in [-0.2, 0) is 16.1 Å². The van der Waals surface area contributed by atoms with Gasteiger partial charge >= 0.3 is 6.09 Å². The Morgan fingerprint density at radius 3 is 2.62 bits per heavy atom. The molecule has 0 aliphatic carbocycles. The van der Waals surface area contributed by atoms with E-state index in [2.05, 4.69) is 0 Å². The molecular weight excluding hydrogens is 268 g/mol. The standard InChI is InChI=1S/C16H22N2O3/c1-17(2)15(19)14-10-6-7-11-18(14)16(20)21-12-13-8-4-3-5-9-13/h3-5,8-9,14H,6-7,10-12H2,1-2H3/t14-/m0/s1. The molecule has 0 radical (unpaired) electrons. The number of likely N-dealkylation sites (N-methyl/N-ethyl adjacent to an activating group) is 1. The Morgan fingerprint density at radius 1 is 1.24 bits per heavy atom. The van der Waals surface area contributed by atoms with Crippen LogP contribution < -0.4 is 0 Å². The van der Waals surface area contributed by atoms with Gasteiger partial charge in [0, 0.05) is 20.6 Å². The molecule has 5 heteroatoms. The SMILES string of the molecule is CN(C)C(=O)[C@@H]1CCCCN1C(=O)OCc1ccccc1. The highest BCUT2D eigenvalue weighted by Crippen LogP contribution is 2.19. The molecular formula is C16H22N2O3. The van der Waals surface area contributed by atoms with Gasteiger partial charge in [-0.2, -0.15) is 0 Å². The van der Waals surface area contributed by atoms with Crippen molar-refractivity contribution in [1.82, 2.24) is 9.80 Å². The van der Waals surface area contributed by atoms with Crippen molar-refractivity contribution in [1.29, 1.82) is 0 Å². The maximum absolute atomic E-state index is 12.2. The molecule has 0 bridgehead atoms. The van der Waals surface area contributed by atoms with E-state index in [-0.39, 0.29) is 12.5 Å². The van der Waals surface area contributed by atoms with Crippen molar-refractivity contribution < 1.29 is 14.3 Å². The largest absolute Gasteiger partial charge is 0.445 e. The van der Waals surface area contributed by atoms with E-state index in [1.54, 1.807) is 19.0 Å². The van der Waals surface area contributed by atoms with Gasteiger partial charge in [-0.25, -0.2) is 4.79 Å². The highest BCUT2D eigenvalue weighted by atomic mass is 16.6. The highest BCUT2D eigenvalue weighted by Gasteiger charge is 2.33. The van der Waals surface area contributed by atoms with E-state index in [1.165, 1.54) is 4.90 Å². The van der Waals surface area contributed by atoms with Crippen molar-refractivity contribution in [2.45, 2.75) is 31.9 Å². The smallest absolute Gasteiger partial charge is 0.410 e. The molecule has 1 aliphatic heterocycles. The molecule has 1 fully saturated rings. The molecule has 0 spiro atoms. The van der Waals surface area contributed by atoms with Gasteiger partial charge in [0.25, 0.3) is 0 Å². The van der Waals surface area contributed by atoms with Crippen LogP contribution in [0.4, 0.5) is 4.79 Å². The zero-order valence-electron chi connectivity index (χ0n) is 12.6. The fourth-order valence-electron chi connectivity index (χ4n) is 2.51. The van der Waals surface area contributed by atoms with E-state index in [0.29, 0.717) is 13.0 Å². The van der Waals surface area contributed by atoms with Gasteiger partial charge in [-0.3, -0.25) is 9.69 Å². The molecule has 114 valence electrons. The number of hydrogen-bond acceptors (Lipinski definition) is 3. The number of nitrogens with zero attached hydrogens (tertiary/aromatic N) is 2. The van der Waals surface area contributed by atoms with Crippen molar-refractivity contribution in [2.75, 3.05) is 20.6 Å². The predicted octanol–water partition coefficient (Wildman–Crippen LogP) is 2.27. The minimum Gasteiger partial charge on any atom is -0.445 e. The molecule has 0 N–H and O–H groups in total. The Morgan fingerprint density at radius 2 is 1.95 bits per heavy atom. The van der Waals surface area contributed by atoms with E-state index in [9.17, 15) is 9.59 Å². The van der Waals surface area contributed by atoms with E-state index < -0.39 is 12.1 Å². The molecule has 0 saturated carbocycles. The lowest BCUT2D eigenvalue weighted by atomic mass is 10.0. The van der Waals surface area contributed by atoms with Crippen molar-refractivity contribution >= 4 is 12.0 Å². The van der Waals surface area contributed by atoms with Gasteiger partial charge in [-0.15, -0.1) is 0 Å². The summed E-state index contributed by atoms with van der Waals surface area (Å²) in [6, 6.07) is 9.15. The number of rotatable bonds is 3. The molecule has 21 heavy (non-hydrogen) atoms. The molecule has 5 nitrogen and oxygen atoms in total. The summed E-state index contributed by atoms with van der Waals surface area (Å²) in [4.78, 5) is 27.5. The topological polar surface area (TPSA) is 49.9 Å². The summed E-state index contributed by atoms with van der Waals surface area (Å²) in [6.45, 7) is 0.816. The number of carbonyl (C=O) groups is 2. The first-order valence-corrected chi connectivity index (χ1v) is 7.28. The van der Waals surface area contributed by atoms with Gasteiger partial charge in [0.2, 0.25) is 5.91 Å². The molecule has 0 aromatic heterocycles. The zero-order chi connectivity index (χ0) is 15.2. The summed E-state index contributed by atoms with van der Waals surface area (Å²) in [5, 5.41) is 0. The summed E-state index contributed by atoms with van der Waals surface area (Å²) in [6.07, 6.45) is 2.18. The summed E-state index contributed by atoms with van der Waals surface area (Å²) >= 11 is 0. The summed E-state index contributed by atoms with van der Waals surface area (Å²) in [5.41, 5.74) is 0.943. The minimum atomic E-state index is -0.404. The second-order valence-electron chi connectivity index (χ2n) is 5.48. The van der Waals surface area contributed by atoms with Gasteiger partial charge in [0.05, 0.1) is 0 Å². The van der Waals surface area contributed by atoms with Crippen LogP contribution in [0.5, 0.6) is 0 Å². The second-order valence-corrected chi connectivity index (χ2v) is 5.48. The van der Waals surface area contributed by atoms with Crippen LogP contribution in [0.2, 0.25) is 0 Å². The fraction of sp³-hybridized carbons (Fsp3) is 0.500. The average molecular weight is 290 g/mol. The molecule has 1 aliphatic rings. The lowest BCUT2D eigenvalue weighted by Gasteiger charge is -2.35. The zero-order valence-corrected chi connectivity index (χ0v) is 12.6. The highest BCUT2D eigenvalue weighted by molar-refractivity contribution is 5.85. The van der Waals surface area contributed by atoms with Crippen LogP contribution in [0.3, 0.4) is 0 Å². The molecule has 1 aromatic rings. The van der Waals surface area contributed by atoms with Crippen LogP contribution in [0, 0.1) is 0 Å². The van der Waals surface area contributed by atoms with E-state index in [1.807, 2.05) is 30.3 Å². The fourth-order valence-corrected chi connectivity index (χ4v) is 2.51. The molecule has 2 rings (SSSR count). The minimum absolute atomic E-state index is 0.0358. The summed E-state index contributed by atoms with van der Waals surface area (Å²) < 4.78 is 5.34. The van der Waals surface area contributed by atoms with E-state index >= 15 is 0 Å². The molecule has 0 unspecified atom stereocenters. The van der Waals surface area contributed by atoms with Crippen molar-refractivity contribution in [3.63, 3.8) is 0 Å².